The number of benzene rings is 2. The van der Waals surface area contributed by atoms with E-state index in [0.717, 1.165) is 42.3 Å². The van der Waals surface area contributed by atoms with Crippen molar-refractivity contribution in [3.8, 4) is 0 Å². The van der Waals surface area contributed by atoms with Gasteiger partial charge in [0.05, 0.1) is 0 Å². The van der Waals surface area contributed by atoms with Crippen LogP contribution in [0, 0.1) is 0 Å². The van der Waals surface area contributed by atoms with E-state index < -0.39 is 0 Å². The van der Waals surface area contributed by atoms with Crippen molar-refractivity contribution in [3.63, 3.8) is 0 Å². The van der Waals surface area contributed by atoms with Crippen LogP contribution in [0.15, 0.2) is 59.9 Å². The molecule has 3 aromatic rings. The Morgan fingerprint density at radius 2 is 2.00 bits per heavy atom. The Morgan fingerprint density at radius 1 is 1.04 bits per heavy atom. The molecule has 0 aliphatic carbocycles. The molecule has 0 bridgehead atoms. The first-order valence-electron chi connectivity index (χ1n) is 9.51. The van der Waals surface area contributed by atoms with Gasteiger partial charge >= 0.3 is 0 Å². The van der Waals surface area contributed by atoms with E-state index in [1.54, 1.807) is 6.20 Å². The number of allylic oxidation sites excluding steroid dienone is 1. The Balaban J connectivity index is 1.40. The van der Waals surface area contributed by atoms with E-state index in [0.29, 0.717) is 11.4 Å². The molecule has 5 rings (SSSR count). The van der Waals surface area contributed by atoms with Gasteiger partial charge in [0.15, 0.2) is 0 Å². The summed E-state index contributed by atoms with van der Waals surface area (Å²) in [6.07, 6.45) is 7.47. The van der Waals surface area contributed by atoms with Crippen LogP contribution in [0.25, 0.3) is 16.3 Å². The van der Waals surface area contributed by atoms with Crippen molar-refractivity contribution in [2.45, 2.75) is 19.4 Å². The SMILES string of the molecule is O=C(Nc1cc2cc(C3=CN=CC3)ccc2cn1)c1ccc2c(c1)CNCC2. The van der Waals surface area contributed by atoms with E-state index in [1.165, 1.54) is 16.7 Å². The highest BCUT2D eigenvalue weighted by molar-refractivity contribution is 6.04. The third-order valence-corrected chi connectivity index (χ3v) is 5.34. The van der Waals surface area contributed by atoms with Crippen LogP contribution >= 0.6 is 0 Å². The summed E-state index contributed by atoms with van der Waals surface area (Å²) < 4.78 is 0. The molecule has 5 nitrogen and oxygen atoms in total. The first kappa shape index (κ1) is 16.8. The van der Waals surface area contributed by atoms with Gasteiger partial charge in [-0.1, -0.05) is 18.2 Å². The first-order chi connectivity index (χ1) is 13.8. The number of anilines is 1. The van der Waals surface area contributed by atoms with Crippen LogP contribution in [0.4, 0.5) is 5.82 Å². The third-order valence-electron chi connectivity index (χ3n) is 5.34. The predicted octanol–water partition coefficient (Wildman–Crippen LogP) is 3.95. The van der Waals surface area contributed by atoms with Gasteiger partial charge in [0, 0.05) is 42.5 Å². The summed E-state index contributed by atoms with van der Waals surface area (Å²) in [5.41, 5.74) is 5.52. The van der Waals surface area contributed by atoms with Gasteiger partial charge in [0.1, 0.15) is 5.82 Å². The molecule has 138 valence electrons. The standard InChI is InChI=1S/C23H20N4O/c28-23(17-3-1-15-5-7-25-13-21(15)10-17)27-22-11-20-9-16(19-6-8-24-12-19)2-4-18(20)14-26-22/h1-4,8-12,14,25H,5-7,13H2,(H,26,27,28). The molecule has 3 heterocycles. The van der Waals surface area contributed by atoms with Crippen LogP contribution in [0.5, 0.6) is 0 Å². The van der Waals surface area contributed by atoms with Gasteiger partial charge in [-0.05, 0) is 64.9 Å². The van der Waals surface area contributed by atoms with Gasteiger partial charge in [-0.3, -0.25) is 9.79 Å². The molecule has 2 aromatic carbocycles. The van der Waals surface area contributed by atoms with Crippen molar-refractivity contribution >= 4 is 34.3 Å². The number of nitrogens with one attached hydrogen (secondary N) is 2. The van der Waals surface area contributed by atoms with Crippen LogP contribution in [-0.4, -0.2) is 23.7 Å². The maximum atomic E-state index is 12.7. The number of fused-ring (bicyclic) bond motifs is 2. The molecule has 2 aliphatic heterocycles. The van der Waals surface area contributed by atoms with Gasteiger partial charge in [-0.15, -0.1) is 0 Å². The normalized spacial score (nSPS) is 15.4. The Labute approximate surface area is 163 Å². The monoisotopic (exact) mass is 368 g/mol. The summed E-state index contributed by atoms with van der Waals surface area (Å²) in [4.78, 5) is 21.3. The summed E-state index contributed by atoms with van der Waals surface area (Å²) in [5, 5.41) is 8.37. The molecule has 1 aromatic heterocycles. The van der Waals surface area contributed by atoms with E-state index in [2.05, 4.69) is 44.9 Å². The van der Waals surface area contributed by atoms with Gasteiger partial charge in [-0.2, -0.15) is 0 Å². The summed E-state index contributed by atoms with van der Waals surface area (Å²) in [6.45, 7) is 1.80. The highest BCUT2D eigenvalue weighted by Gasteiger charge is 2.13. The molecule has 2 aliphatic rings. The molecule has 0 unspecified atom stereocenters. The summed E-state index contributed by atoms with van der Waals surface area (Å²) in [5.74, 6) is 0.422. The van der Waals surface area contributed by atoms with E-state index >= 15 is 0 Å². The molecule has 2 N–H and O–H groups in total. The maximum Gasteiger partial charge on any atom is 0.256 e. The summed E-state index contributed by atoms with van der Waals surface area (Å²) >= 11 is 0. The number of aromatic nitrogens is 1. The third kappa shape index (κ3) is 3.21. The molecule has 0 spiro atoms. The number of aliphatic imine (C=N–C) groups is 1. The maximum absolute atomic E-state index is 12.7. The van der Waals surface area contributed by atoms with Crippen molar-refractivity contribution in [1.82, 2.24) is 10.3 Å². The van der Waals surface area contributed by atoms with Gasteiger partial charge < -0.3 is 10.6 Å². The average Bonchev–Trinajstić information content (AvgIpc) is 3.28. The molecule has 0 saturated heterocycles. The van der Waals surface area contributed by atoms with Crippen molar-refractivity contribution < 1.29 is 4.79 Å². The van der Waals surface area contributed by atoms with Crippen LogP contribution in [0.3, 0.4) is 0 Å². The second-order valence-electron chi connectivity index (χ2n) is 7.19. The first-order valence-corrected chi connectivity index (χ1v) is 9.51. The molecule has 0 fully saturated rings. The summed E-state index contributed by atoms with van der Waals surface area (Å²) in [7, 11) is 0. The molecule has 28 heavy (non-hydrogen) atoms. The number of hydrogen-bond acceptors (Lipinski definition) is 4. The topological polar surface area (TPSA) is 66.4 Å². The van der Waals surface area contributed by atoms with Crippen LogP contribution in [0.1, 0.15) is 33.5 Å². The Kier molecular flexibility index (Phi) is 4.22. The Morgan fingerprint density at radius 3 is 2.89 bits per heavy atom. The van der Waals surface area contributed by atoms with Crippen LogP contribution in [0.2, 0.25) is 0 Å². The quantitative estimate of drug-likeness (QED) is 0.736. The lowest BCUT2D eigenvalue weighted by Crippen LogP contribution is -2.24. The van der Waals surface area contributed by atoms with Crippen LogP contribution in [-0.2, 0) is 13.0 Å². The van der Waals surface area contributed by atoms with Crippen molar-refractivity contribution in [2.24, 2.45) is 4.99 Å². The van der Waals surface area contributed by atoms with Gasteiger partial charge in [0.2, 0.25) is 0 Å². The second-order valence-corrected chi connectivity index (χ2v) is 7.19. The zero-order valence-corrected chi connectivity index (χ0v) is 15.4. The minimum atomic E-state index is -0.136. The predicted molar refractivity (Wildman–Crippen MR) is 113 cm³/mol. The molecule has 0 saturated carbocycles. The van der Waals surface area contributed by atoms with E-state index in [4.69, 9.17) is 0 Å². The minimum absolute atomic E-state index is 0.136. The fourth-order valence-corrected chi connectivity index (χ4v) is 3.76. The number of amides is 1. The van der Waals surface area contributed by atoms with Gasteiger partial charge in [0.25, 0.3) is 5.91 Å². The number of pyridine rings is 1. The molecular weight excluding hydrogens is 348 g/mol. The Bertz CT molecular complexity index is 1150. The van der Waals surface area contributed by atoms with Gasteiger partial charge in [-0.25, -0.2) is 4.98 Å². The molecule has 1 amide bonds. The zero-order chi connectivity index (χ0) is 18.9. The number of nitrogens with zero attached hydrogens (tertiary/aromatic N) is 2. The van der Waals surface area contributed by atoms with E-state index in [1.807, 2.05) is 30.6 Å². The number of carbonyl (C=O) groups excluding carboxylic acids is 1. The second kappa shape index (κ2) is 7.02. The lowest BCUT2D eigenvalue weighted by molar-refractivity contribution is 0.102. The lowest BCUT2D eigenvalue weighted by Gasteiger charge is -2.17. The fourth-order valence-electron chi connectivity index (χ4n) is 3.76. The minimum Gasteiger partial charge on any atom is -0.312 e. The van der Waals surface area contributed by atoms with Crippen molar-refractivity contribution in [1.29, 1.82) is 0 Å². The van der Waals surface area contributed by atoms with E-state index in [9.17, 15) is 4.79 Å². The summed E-state index contributed by atoms with van der Waals surface area (Å²) in [6, 6.07) is 14.1. The zero-order valence-electron chi connectivity index (χ0n) is 15.4. The van der Waals surface area contributed by atoms with Crippen molar-refractivity contribution in [3.05, 3.63) is 77.1 Å². The molecule has 0 atom stereocenters. The van der Waals surface area contributed by atoms with E-state index in [-0.39, 0.29) is 5.91 Å². The smallest absolute Gasteiger partial charge is 0.256 e. The molecule has 0 radical (unpaired) electrons. The highest BCUT2D eigenvalue weighted by Crippen LogP contribution is 2.26. The highest BCUT2D eigenvalue weighted by atomic mass is 16.1. The number of carbonyl (C=O) groups is 1. The average molecular weight is 368 g/mol. The number of hydrogen-bond donors (Lipinski definition) is 2. The lowest BCUT2D eigenvalue weighted by atomic mass is 9.98. The molecular formula is C23H20N4O. The number of rotatable bonds is 3. The van der Waals surface area contributed by atoms with Crippen molar-refractivity contribution in [2.75, 3.05) is 11.9 Å². The van der Waals surface area contributed by atoms with Crippen LogP contribution < -0.4 is 10.6 Å². The Hall–Kier alpha value is -3.31. The largest absolute Gasteiger partial charge is 0.312 e. The molecule has 5 heteroatoms. The fraction of sp³-hybridized carbons (Fsp3) is 0.174.